The molecule has 2 fully saturated rings. The molecule has 3 heterocycles. The van der Waals surface area contributed by atoms with Crippen molar-refractivity contribution in [1.29, 1.82) is 0 Å². The van der Waals surface area contributed by atoms with Gasteiger partial charge in [0.25, 0.3) is 0 Å². The predicted octanol–water partition coefficient (Wildman–Crippen LogP) is 1.74. The highest BCUT2D eigenvalue weighted by Gasteiger charge is 2.38. The van der Waals surface area contributed by atoms with Crippen LogP contribution in [0.1, 0.15) is 26.2 Å². The van der Waals surface area contributed by atoms with E-state index >= 15 is 0 Å². The molecular weight excluding hydrogens is 377 g/mol. The summed E-state index contributed by atoms with van der Waals surface area (Å²) in [5, 5.41) is 0. The number of hydrogen-bond acceptors (Lipinski definition) is 6. The van der Waals surface area contributed by atoms with Crippen LogP contribution in [0.4, 0.5) is 5.95 Å². The number of ether oxygens (including phenoxy) is 1. The van der Waals surface area contributed by atoms with E-state index in [0.29, 0.717) is 24.3 Å². The van der Waals surface area contributed by atoms with Gasteiger partial charge in [0, 0.05) is 44.4 Å². The highest BCUT2D eigenvalue weighted by atomic mass is 35.5. The molecule has 0 bridgehead atoms. The minimum absolute atomic E-state index is 0. The Morgan fingerprint density at radius 2 is 2.04 bits per heavy atom. The van der Waals surface area contributed by atoms with Crippen LogP contribution in [0.3, 0.4) is 0 Å². The molecule has 148 valence electrons. The van der Waals surface area contributed by atoms with Crippen LogP contribution in [0.5, 0.6) is 5.88 Å². The molecule has 9 heteroatoms. The van der Waals surface area contributed by atoms with Gasteiger partial charge in [-0.25, -0.2) is 4.98 Å². The van der Waals surface area contributed by atoms with Crippen molar-refractivity contribution in [2.75, 3.05) is 44.7 Å². The second kappa shape index (κ2) is 9.58. The third-order valence-electron chi connectivity index (χ3n) is 5.32. The summed E-state index contributed by atoms with van der Waals surface area (Å²) < 4.78 is 5.15. The number of likely N-dealkylation sites (tertiary alicyclic amines) is 1. The lowest BCUT2D eigenvalue weighted by molar-refractivity contribution is -0.135. The lowest BCUT2D eigenvalue weighted by Gasteiger charge is -2.33. The Hall–Kier alpha value is -1.31. The van der Waals surface area contributed by atoms with Gasteiger partial charge in [0.05, 0.1) is 7.11 Å². The van der Waals surface area contributed by atoms with Crippen molar-refractivity contribution in [2.24, 2.45) is 17.1 Å². The number of nitrogens with zero attached hydrogens (tertiary/aromatic N) is 4. The molecule has 1 unspecified atom stereocenters. The molecule has 1 atom stereocenters. The van der Waals surface area contributed by atoms with Crippen LogP contribution in [0.2, 0.25) is 0 Å². The van der Waals surface area contributed by atoms with Crippen LogP contribution in [-0.4, -0.2) is 60.6 Å². The van der Waals surface area contributed by atoms with Gasteiger partial charge in [0.2, 0.25) is 17.7 Å². The summed E-state index contributed by atoms with van der Waals surface area (Å²) in [6, 6.07) is 1.74. The first-order chi connectivity index (χ1) is 11.5. The maximum absolute atomic E-state index is 12.8. The van der Waals surface area contributed by atoms with Crippen LogP contribution >= 0.6 is 24.8 Å². The Labute approximate surface area is 167 Å². The normalized spacial score (nSPS) is 23.2. The fourth-order valence-corrected chi connectivity index (χ4v) is 3.56. The summed E-state index contributed by atoms with van der Waals surface area (Å²) in [6.45, 7) is 6.04. The van der Waals surface area contributed by atoms with Crippen molar-refractivity contribution in [1.82, 2.24) is 14.9 Å². The second-order valence-electron chi connectivity index (χ2n) is 7.18. The van der Waals surface area contributed by atoms with E-state index in [1.165, 1.54) is 0 Å². The number of anilines is 1. The van der Waals surface area contributed by atoms with E-state index in [2.05, 4.69) is 21.8 Å². The topological polar surface area (TPSA) is 84.6 Å². The van der Waals surface area contributed by atoms with Crippen molar-refractivity contribution < 1.29 is 9.53 Å². The Kier molecular flexibility index (Phi) is 8.37. The Bertz CT molecular complexity index is 598. The predicted molar refractivity (Wildman–Crippen MR) is 106 cm³/mol. The quantitative estimate of drug-likeness (QED) is 0.820. The average Bonchev–Trinajstić information content (AvgIpc) is 3.04. The molecule has 26 heavy (non-hydrogen) atoms. The number of carbonyl (C=O) groups is 1. The molecule has 0 spiro atoms. The molecule has 0 aliphatic carbocycles. The van der Waals surface area contributed by atoms with Crippen molar-refractivity contribution >= 4 is 36.7 Å². The molecule has 2 N–H and O–H groups in total. The van der Waals surface area contributed by atoms with Gasteiger partial charge in [-0.1, -0.05) is 6.92 Å². The standard InChI is InChI=1S/C17H27N5O2.2ClH/c1-17(11-18)6-10-22(12-17)15(23)13-4-8-21(9-5-13)16-19-7-3-14(20-16)24-2;;/h3,7,13H,4-6,8-12,18H2,1-2H3;2*1H. The average molecular weight is 406 g/mol. The number of nitrogens with two attached hydrogens (primary N) is 1. The first kappa shape index (κ1) is 22.7. The number of aromatic nitrogens is 2. The molecule has 1 amide bonds. The highest BCUT2D eigenvalue weighted by molar-refractivity contribution is 5.85. The molecule has 1 aromatic rings. The van der Waals surface area contributed by atoms with E-state index in [-0.39, 0.29) is 36.1 Å². The van der Waals surface area contributed by atoms with E-state index in [1.807, 2.05) is 4.90 Å². The van der Waals surface area contributed by atoms with Crippen molar-refractivity contribution in [3.63, 3.8) is 0 Å². The third-order valence-corrected chi connectivity index (χ3v) is 5.32. The summed E-state index contributed by atoms with van der Waals surface area (Å²) in [4.78, 5) is 25.6. The molecule has 2 aliphatic heterocycles. The van der Waals surface area contributed by atoms with Gasteiger partial charge in [-0.15, -0.1) is 24.8 Å². The number of piperidine rings is 1. The molecule has 7 nitrogen and oxygen atoms in total. The van der Waals surface area contributed by atoms with Crippen LogP contribution < -0.4 is 15.4 Å². The molecule has 0 aromatic carbocycles. The van der Waals surface area contributed by atoms with Crippen LogP contribution in [-0.2, 0) is 4.79 Å². The lowest BCUT2D eigenvalue weighted by Crippen LogP contribution is -2.43. The Morgan fingerprint density at radius 3 is 2.62 bits per heavy atom. The number of amides is 1. The molecule has 2 aliphatic rings. The highest BCUT2D eigenvalue weighted by Crippen LogP contribution is 2.31. The number of methoxy groups -OCH3 is 1. The van der Waals surface area contributed by atoms with Crippen molar-refractivity contribution in [2.45, 2.75) is 26.2 Å². The smallest absolute Gasteiger partial charge is 0.228 e. The molecule has 0 saturated carbocycles. The molecular formula is C17H29Cl2N5O2. The van der Waals surface area contributed by atoms with E-state index in [0.717, 1.165) is 45.4 Å². The zero-order chi connectivity index (χ0) is 17.2. The second-order valence-corrected chi connectivity index (χ2v) is 7.18. The van der Waals surface area contributed by atoms with E-state index in [1.54, 1.807) is 19.4 Å². The lowest BCUT2D eigenvalue weighted by atomic mass is 9.90. The van der Waals surface area contributed by atoms with Gasteiger partial charge in [0.15, 0.2) is 0 Å². The summed E-state index contributed by atoms with van der Waals surface area (Å²) in [6.07, 6.45) is 4.40. The molecule has 1 aromatic heterocycles. The van der Waals surface area contributed by atoms with E-state index in [4.69, 9.17) is 10.5 Å². The summed E-state index contributed by atoms with van der Waals surface area (Å²) in [5.74, 6) is 1.64. The molecule has 2 saturated heterocycles. The van der Waals surface area contributed by atoms with Crippen molar-refractivity contribution in [3.8, 4) is 5.88 Å². The van der Waals surface area contributed by atoms with Crippen LogP contribution in [0.25, 0.3) is 0 Å². The minimum atomic E-state index is 0. The summed E-state index contributed by atoms with van der Waals surface area (Å²) >= 11 is 0. The molecule has 0 radical (unpaired) electrons. The largest absolute Gasteiger partial charge is 0.481 e. The van der Waals surface area contributed by atoms with Gasteiger partial charge in [-0.2, -0.15) is 4.98 Å². The third kappa shape index (κ3) is 4.90. The molecule has 3 rings (SSSR count). The van der Waals surface area contributed by atoms with Crippen LogP contribution in [0, 0.1) is 11.3 Å². The first-order valence-corrected chi connectivity index (χ1v) is 8.65. The number of hydrogen-bond donors (Lipinski definition) is 1. The SMILES string of the molecule is COc1ccnc(N2CCC(C(=O)N3CCC(C)(CN)C3)CC2)n1.Cl.Cl. The maximum atomic E-state index is 12.8. The van der Waals surface area contributed by atoms with E-state index in [9.17, 15) is 4.79 Å². The minimum Gasteiger partial charge on any atom is -0.481 e. The monoisotopic (exact) mass is 405 g/mol. The van der Waals surface area contributed by atoms with Gasteiger partial charge in [-0.05, 0) is 31.2 Å². The summed E-state index contributed by atoms with van der Waals surface area (Å²) in [7, 11) is 1.60. The zero-order valence-electron chi connectivity index (χ0n) is 15.4. The van der Waals surface area contributed by atoms with Gasteiger partial charge in [-0.3, -0.25) is 4.79 Å². The van der Waals surface area contributed by atoms with Crippen LogP contribution in [0.15, 0.2) is 12.3 Å². The Morgan fingerprint density at radius 1 is 1.35 bits per heavy atom. The van der Waals surface area contributed by atoms with Gasteiger partial charge >= 0.3 is 0 Å². The number of rotatable bonds is 4. The van der Waals surface area contributed by atoms with Crippen molar-refractivity contribution in [3.05, 3.63) is 12.3 Å². The number of carbonyl (C=O) groups excluding carboxylic acids is 1. The summed E-state index contributed by atoms with van der Waals surface area (Å²) in [5.41, 5.74) is 5.93. The first-order valence-electron chi connectivity index (χ1n) is 8.65. The zero-order valence-corrected chi connectivity index (χ0v) is 17.0. The Balaban J connectivity index is 0.00000169. The number of halogens is 2. The fourth-order valence-electron chi connectivity index (χ4n) is 3.56. The maximum Gasteiger partial charge on any atom is 0.228 e. The fraction of sp³-hybridized carbons (Fsp3) is 0.706. The van der Waals surface area contributed by atoms with Gasteiger partial charge in [0.1, 0.15) is 0 Å². The van der Waals surface area contributed by atoms with E-state index < -0.39 is 0 Å². The van der Waals surface area contributed by atoms with Gasteiger partial charge < -0.3 is 20.3 Å².